The average molecular weight is 282 g/mol. The molecule has 0 aliphatic carbocycles. The van der Waals surface area contributed by atoms with Crippen LogP contribution in [0, 0.1) is 10.1 Å². The lowest BCUT2D eigenvalue weighted by molar-refractivity contribution is -0.385. The maximum atomic E-state index is 11.5. The first-order valence-corrected chi connectivity index (χ1v) is 6.28. The first-order valence-electron chi connectivity index (χ1n) is 6.28. The van der Waals surface area contributed by atoms with E-state index in [1.165, 1.54) is 11.0 Å². The van der Waals surface area contributed by atoms with E-state index < -0.39 is 10.9 Å². The summed E-state index contributed by atoms with van der Waals surface area (Å²) in [6.45, 7) is 3.98. The normalized spacial score (nSPS) is 9.95. The second-order valence-electron chi connectivity index (χ2n) is 3.98. The molecule has 110 valence electrons. The van der Waals surface area contributed by atoms with Crippen molar-refractivity contribution in [3.63, 3.8) is 0 Å². The Kier molecular flexibility index (Phi) is 5.76. The highest BCUT2D eigenvalue weighted by molar-refractivity contribution is 5.79. The van der Waals surface area contributed by atoms with Crippen LogP contribution in [0.3, 0.4) is 0 Å². The summed E-state index contributed by atoms with van der Waals surface area (Å²) in [5.41, 5.74) is 0.162. The molecule has 7 nitrogen and oxygen atoms in total. The van der Waals surface area contributed by atoms with Crippen LogP contribution < -0.4 is 9.64 Å². The van der Waals surface area contributed by atoms with Crippen molar-refractivity contribution < 1.29 is 19.2 Å². The lowest BCUT2D eigenvalue weighted by Gasteiger charge is -2.19. The van der Waals surface area contributed by atoms with E-state index in [0.717, 1.165) is 0 Å². The molecule has 7 heteroatoms. The number of hydrogen-bond acceptors (Lipinski definition) is 6. The van der Waals surface area contributed by atoms with Crippen molar-refractivity contribution in [3.05, 3.63) is 28.3 Å². The molecule has 0 N–H and O–H groups in total. The summed E-state index contributed by atoms with van der Waals surface area (Å²) < 4.78 is 10.1. The zero-order valence-electron chi connectivity index (χ0n) is 11.8. The average Bonchev–Trinajstić information content (AvgIpc) is 2.38. The number of carbonyl (C=O) groups is 1. The van der Waals surface area contributed by atoms with Crippen molar-refractivity contribution >= 4 is 17.3 Å². The summed E-state index contributed by atoms with van der Waals surface area (Å²) in [6.07, 6.45) is 0. The first kappa shape index (κ1) is 15.7. The Hall–Kier alpha value is -2.31. The van der Waals surface area contributed by atoms with Crippen molar-refractivity contribution in [2.45, 2.75) is 13.8 Å². The fraction of sp³-hybridized carbons (Fsp3) is 0.462. The number of carbonyl (C=O) groups excluding carboxylic acids is 1. The van der Waals surface area contributed by atoms with Gasteiger partial charge in [0.1, 0.15) is 12.2 Å². The van der Waals surface area contributed by atoms with Gasteiger partial charge in [-0.2, -0.15) is 0 Å². The van der Waals surface area contributed by atoms with Crippen LogP contribution in [0.4, 0.5) is 11.4 Å². The number of para-hydroxylation sites is 1. The van der Waals surface area contributed by atoms with E-state index in [2.05, 4.69) is 0 Å². The predicted molar refractivity (Wildman–Crippen MR) is 74.2 cm³/mol. The molecule has 0 amide bonds. The Morgan fingerprint density at radius 1 is 1.35 bits per heavy atom. The van der Waals surface area contributed by atoms with Gasteiger partial charge < -0.3 is 14.4 Å². The number of esters is 1. The highest BCUT2D eigenvalue weighted by atomic mass is 16.6. The van der Waals surface area contributed by atoms with Crippen molar-refractivity contribution in [2.75, 3.05) is 31.7 Å². The Morgan fingerprint density at radius 3 is 2.60 bits per heavy atom. The molecule has 1 rings (SSSR count). The van der Waals surface area contributed by atoms with Gasteiger partial charge in [-0.05, 0) is 26.0 Å². The Labute approximate surface area is 117 Å². The molecule has 0 heterocycles. The highest BCUT2D eigenvalue weighted by Gasteiger charge is 2.24. The summed E-state index contributed by atoms with van der Waals surface area (Å²) in [7, 11) is 1.59. The van der Waals surface area contributed by atoms with Gasteiger partial charge in [0.25, 0.3) is 0 Å². The first-order chi connectivity index (χ1) is 9.51. The molecule has 20 heavy (non-hydrogen) atoms. The molecule has 0 fully saturated rings. The third-order valence-electron chi connectivity index (χ3n) is 2.54. The minimum atomic E-state index is -0.512. The Balaban J connectivity index is 3.07. The smallest absolute Gasteiger partial charge is 0.333 e. The molecular weight excluding hydrogens is 264 g/mol. The van der Waals surface area contributed by atoms with Crippen LogP contribution in [-0.2, 0) is 9.53 Å². The predicted octanol–water partition coefficient (Wildman–Crippen LogP) is 1.99. The van der Waals surface area contributed by atoms with Crippen molar-refractivity contribution in [2.24, 2.45) is 0 Å². The van der Waals surface area contributed by atoms with E-state index in [0.29, 0.717) is 12.3 Å². The van der Waals surface area contributed by atoms with Gasteiger partial charge in [0.15, 0.2) is 5.75 Å². The van der Waals surface area contributed by atoms with Crippen LogP contribution in [0.25, 0.3) is 0 Å². The molecule has 1 aromatic rings. The fourth-order valence-corrected chi connectivity index (χ4v) is 1.76. The number of nitro benzene ring substituents is 1. The van der Waals surface area contributed by atoms with Gasteiger partial charge in [0.05, 0.1) is 18.1 Å². The van der Waals surface area contributed by atoms with Gasteiger partial charge in [0.2, 0.25) is 0 Å². The fourth-order valence-electron chi connectivity index (χ4n) is 1.76. The number of nitrogens with zero attached hydrogens (tertiary/aromatic N) is 2. The molecule has 0 saturated carbocycles. The standard InChI is InChI=1S/C13H18N2O5/c1-4-19-11-8-6-7-10(13(11)15(17)18)14(3)9-12(16)20-5-2/h6-8H,4-5,9H2,1-3H3. The summed E-state index contributed by atoms with van der Waals surface area (Å²) in [6, 6.07) is 4.75. The van der Waals surface area contributed by atoms with E-state index >= 15 is 0 Å². The number of hydrogen-bond donors (Lipinski definition) is 0. The van der Waals surface area contributed by atoms with Crippen LogP contribution in [0.15, 0.2) is 18.2 Å². The topological polar surface area (TPSA) is 81.9 Å². The molecule has 0 radical (unpaired) electrons. The Morgan fingerprint density at radius 2 is 2.05 bits per heavy atom. The molecule has 0 aromatic heterocycles. The lowest BCUT2D eigenvalue weighted by Crippen LogP contribution is -2.27. The van der Waals surface area contributed by atoms with Crippen molar-refractivity contribution in [3.8, 4) is 5.75 Å². The minimum Gasteiger partial charge on any atom is -0.487 e. The molecule has 1 aromatic carbocycles. The highest BCUT2D eigenvalue weighted by Crippen LogP contribution is 2.36. The summed E-state index contributed by atoms with van der Waals surface area (Å²) in [5.74, 6) is -0.253. The Bertz CT molecular complexity index is 490. The van der Waals surface area contributed by atoms with E-state index in [4.69, 9.17) is 9.47 Å². The molecule has 0 bridgehead atoms. The number of benzene rings is 1. The number of rotatable bonds is 7. The molecule has 0 saturated heterocycles. The van der Waals surface area contributed by atoms with Gasteiger partial charge >= 0.3 is 11.7 Å². The summed E-state index contributed by atoms with van der Waals surface area (Å²) in [4.78, 5) is 23.6. The molecule has 0 spiro atoms. The number of likely N-dealkylation sites (N-methyl/N-ethyl adjacent to an activating group) is 1. The van der Waals surface area contributed by atoms with Gasteiger partial charge in [-0.25, -0.2) is 0 Å². The quantitative estimate of drug-likeness (QED) is 0.432. The van der Waals surface area contributed by atoms with E-state index in [1.807, 2.05) is 0 Å². The van der Waals surface area contributed by atoms with Crippen LogP contribution >= 0.6 is 0 Å². The van der Waals surface area contributed by atoms with Crippen molar-refractivity contribution in [1.82, 2.24) is 0 Å². The van der Waals surface area contributed by atoms with Crippen LogP contribution in [0.1, 0.15) is 13.8 Å². The lowest BCUT2D eigenvalue weighted by atomic mass is 10.2. The zero-order valence-corrected chi connectivity index (χ0v) is 11.8. The van der Waals surface area contributed by atoms with Gasteiger partial charge in [-0.3, -0.25) is 14.9 Å². The minimum absolute atomic E-state index is 0.0652. The molecule has 0 aliphatic heterocycles. The SMILES string of the molecule is CCOC(=O)CN(C)c1cccc(OCC)c1[N+](=O)[O-]. The van der Waals surface area contributed by atoms with Gasteiger partial charge in [-0.15, -0.1) is 0 Å². The number of nitro groups is 1. The van der Waals surface area contributed by atoms with Crippen LogP contribution in [0.2, 0.25) is 0 Å². The van der Waals surface area contributed by atoms with Gasteiger partial charge in [-0.1, -0.05) is 6.07 Å². The van der Waals surface area contributed by atoms with Crippen LogP contribution in [-0.4, -0.2) is 37.7 Å². The number of ether oxygens (including phenoxy) is 2. The third-order valence-corrected chi connectivity index (χ3v) is 2.54. The molecule has 0 unspecified atom stereocenters. The van der Waals surface area contributed by atoms with Gasteiger partial charge in [0, 0.05) is 7.05 Å². The van der Waals surface area contributed by atoms with E-state index in [1.54, 1.807) is 33.0 Å². The third kappa shape index (κ3) is 3.84. The molecule has 0 aliphatic rings. The molecule has 0 atom stereocenters. The number of anilines is 1. The van der Waals surface area contributed by atoms with Crippen LogP contribution in [0.5, 0.6) is 5.75 Å². The largest absolute Gasteiger partial charge is 0.487 e. The van der Waals surface area contributed by atoms with E-state index in [-0.39, 0.29) is 24.6 Å². The maximum absolute atomic E-state index is 11.5. The zero-order chi connectivity index (χ0) is 15.1. The monoisotopic (exact) mass is 282 g/mol. The summed E-state index contributed by atoms with van der Waals surface area (Å²) in [5, 5.41) is 11.2. The summed E-state index contributed by atoms with van der Waals surface area (Å²) >= 11 is 0. The second kappa shape index (κ2) is 7.32. The maximum Gasteiger partial charge on any atom is 0.333 e. The second-order valence-corrected chi connectivity index (χ2v) is 3.98. The molecular formula is C13H18N2O5. The van der Waals surface area contributed by atoms with E-state index in [9.17, 15) is 14.9 Å². The van der Waals surface area contributed by atoms with Crippen molar-refractivity contribution in [1.29, 1.82) is 0 Å².